The highest BCUT2D eigenvalue weighted by Crippen LogP contribution is 2.15. The molecule has 9 nitrogen and oxygen atoms in total. The van der Waals surface area contributed by atoms with Gasteiger partial charge in [-0.1, -0.05) is 12.1 Å². The van der Waals surface area contributed by atoms with Crippen molar-refractivity contribution in [2.45, 2.75) is 6.92 Å². The van der Waals surface area contributed by atoms with E-state index in [-0.39, 0.29) is 17.4 Å². The molecule has 2 heterocycles. The summed E-state index contributed by atoms with van der Waals surface area (Å²) >= 11 is 0. The zero-order chi connectivity index (χ0) is 18.4. The van der Waals surface area contributed by atoms with Gasteiger partial charge in [-0.05, 0) is 19.1 Å². The molecule has 0 saturated carbocycles. The number of hydrazone groups is 1. The van der Waals surface area contributed by atoms with Gasteiger partial charge in [0.1, 0.15) is 5.82 Å². The molecule has 130 valence electrons. The van der Waals surface area contributed by atoms with Crippen molar-refractivity contribution in [3.8, 4) is 11.4 Å². The number of halogens is 1. The first-order valence-corrected chi connectivity index (χ1v) is 7.03. The SMILES string of the molecule is CC1=NNC(=O)N(N)C1.O=C(O)c1cnc(-c2cccc(F)c2)nc1. The van der Waals surface area contributed by atoms with E-state index in [0.717, 1.165) is 10.7 Å². The molecule has 1 aliphatic rings. The van der Waals surface area contributed by atoms with Crippen LogP contribution in [0.25, 0.3) is 11.4 Å². The molecule has 0 fully saturated rings. The number of nitrogens with two attached hydrogens (primary N) is 1. The fraction of sp³-hybridized carbons (Fsp3) is 0.133. The number of nitrogens with one attached hydrogen (secondary N) is 1. The first-order chi connectivity index (χ1) is 11.9. The predicted octanol–water partition coefficient (Wildman–Crippen LogP) is 1.24. The van der Waals surface area contributed by atoms with Crippen LogP contribution in [0.4, 0.5) is 9.18 Å². The Kier molecular flexibility index (Phi) is 5.69. The fourth-order valence-corrected chi connectivity index (χ4v) is 1.78. The average Bonchev–Trinajstić information content (AvgIpc) is 2.59. The highest BCUT2D eigenvalue weighted by atomic mass is 19.1. The van der Waals surface area contributed by atoms with Gasteiger partial charge in [-0.2, -0.15) is 5.10 Å². The number of carbonyl (C=O) groups is 2. The molecule has 2 amide bonds. The van der Waals surface area contributed by atoms with Crippen LogP contribution in [0.15, 0.2) is 41.8 Å². The van der Waals surface area contributed by atoms with Crippen LogP contribution in [0.5, 0.6) is 0 Å². The number of aromatic nitrogens is 2. The second-order valence-corrected chi connectivity index (χ2v) is 5.00. The van der Waals surface area contributed by atoms with Gasteiger partial charge in [0.15, 0.2) is 5.82 Å². The molecule has 1 aromatic carbocycles. The van der Waals surface area contributed by atoms with E-state index in [1.54, 1.807) is 19.1 Å². The van der Waals surface area contributed by atoms with Crippen molar-refractivity contribution in [1.29, 1.82) is 0 Å². The molecule has 0 spiro atoms. The van der Waals surface area contributed by atoms with E-state index in [4.69, 9.17) is 10.9 Å². The lowest BCUT2D eigenvalue weighted by Gasteiger charge is -2.19. The summed E-state index contributed by atoms with van der Waals surface area (Å²) in [4.78, 5) is 28.8. The van der Waals surface area contributed by atoms with Crippen LogP contribution in [-0.2, 0) is 0 Å². The maximum absolute atomic E-state index is 12.9. The summed E-state index contributed by atoms with van der Waals surface area (Å²) in [6.45, 7) is 2.20. The summed E-state index contributed by atoms with van der Waals surface area (Å²) in [6, 6.07) is 5.43. The van der Waals surface area contributed by atoms with E-state index in [0.29, 0.717) is 17.9 Å². The number of benzene rings is 1. The lowest BCUT2D eigenvalue weighted by atomic mass is 10.2. The molecule has 0 aliphatic carbocycles. The number of carboxylic acid groups (broad SMARTS) is 1. The number of carboxylic acids is 1. The van der Waals surface area contributed by atoms with Crippen molar-refractivity contribution >= 4 is 17.7 Å². The lowest BCUT2D eigenvalue weighted by Crippen LogP contribution is -2.49. The zero-order valence-corrected chi connectivity index (χ0v) is 13.2. The average molecular weight is 346 g/mol. The Morgan fingerprint density at radius 3 is 2.56 bits per heavy atom. The van der Waals surface area contributed by atoms with Crippen molar-refractivity contribution < 1.29 is 19.1 Å². The molecule has 1 aromatic heterocycles. The summed E-state index contributed by atoms with van der Waals surface area (Å²) in [5.74, 6) is 4.03. The summed E-state index contributed by atoms with van der Waals surface area (Å²) in [6.07, 6.45) is 2.38. The number of nitrogens with zero attached hydrogens (tertiary/aromatic N) is 4. The van der Waals surface area contributed by atoms with Gasteiger partial charge in [-0.15, -0.1) is 0 Å². The van der Waals surface area contributed by atoms with Crippen molar-refractivity contribution in [2.24, 2.45) is 10.9 Å². The van der Waals surface area contributed by atoms with E-state index < -0.39 is 5.97 Å². The quantitative estimate of drug-likeness (QED) is 0.553. The van der Waals surface area contributed by atoms with Gasteiger partial charge in [0.25, 0.3) is 0 Å². The van der Waals surface area contributed by atoms with Gasteiger partial charge in [0, 0.05) is 18.0 Å². The van der Waals surface area contributed by atoms with Crippen molar-refractivity contribution in [3.63, 3.8) is 0 Å². The largest absolute Gasteiger partial charge is 0.478 e. The van der Waals surface area contributed by atoms with E-state index >= 15 is 0 Å². The van der Waals surface area contributed by atoms with Crippen LogP contribution in [0, 0.1) is 5.82 Å². The van der Waals surface area contributed by atoms with E-state index in [1.165, 1.54) is 24.5 Å². The molecule has 1 aliphatic heterocycles. The number of amides is 2. The maximum atomic E-state index is 12.9. The molecule has 0 saturated heterocycles. The van der Waals surface area contributed by atoms with Crippen LogP contribution in [-0.4, -0.2) is 44.3 Å². The molecule has 10 heteroatoms. The minimum absolute atomic E-state index is 0.000142. The number of hydrogen-bond donors (Lipinski definition) is 3. The molecule has 2 aromatic rings. The highest BCUT2D eigenvalue weighted by molar-refractivity contribution is 5.91. The third-order valence-electron chi connectivity index (χ3n) is 2.98. The molecule has 0 radical (unpaired) electrons. The van der Waals surface area contributed by atoms with Crippen LogP contribution in [0.2, 0.25) is 0 Å². The molecular formula is C15H15FN6O3. The van der Waals surface area contributed by atoms with Crippen LogP contribution < -0.4 is 11.3 Å². The summed E-state index contributed by atoms with van der Waals surface area (Å²) in [7, 11) is 0. The Morgan fingerprint density at radius 2 is 2.04 bits per heavy atom. The van der Waals surface area contributed by atoms with Gasteiger partial charge >= 0.3 is 12.0 Å². The number of hydrogen-bond acceptors (Lipinski definition) is 6. The van der Waals surface area contributed by atoms with E-state index in [9.17, 15) is 14.0 Å². The van der Waals surface area contributed by atoms with E-state index in [1.807, 2.05) is 0 Å². The minimum Gasteiger partial charge on any atom is -0.478 e. The third kappa shape index (κ3) is 5.04. The van der Waals surface area contributed by atoms with Crippen LogP contribution >= 0.6 is 0 Å². The first kappa shape index (κ1) is 17.9. The topological polar surface area (TPSA) is 134 Å². The summed E-state index contributed by atoms with van der Waals surface area (Å²) in [5.41, 5.74) is 3.55. The van der Waals surface area contributed by atoms with Gasteiger partial charge in [0.05, 0.1) is 17.8 Å². The van der Waals surface area contributed by atoms with Gasteiger partial charge < -0.3 is 5.11 Å². The Bertz CT molecular complexity index is 809. The Morgan fingerprint density at radius 1 is 1.36 bits per heavy atom. The predicted molar refractivity (Wildman–Crippen MR) is 86.9 cm³/mol. The Balaban J connectivity index is 0.000000212. The van der Waals surface area contributed by atoms with Crippen molar-refractivity contribution in [2.75, 3.05) is 6.54 Å². The zero-order valence-electron chi connectivity index (χ0n) is 13.2. The normalized spacial score (nSPS) is 13.3. The maximum Gasteiger partial charge on any atom is 0.352 e. The lowest BCUT2D eigenvalue weighted by molar-refractivity contribution is 0.0696. The third-order valence-corrected chi connectivity index (χ3v) is 2.98. The first-order valence-electron chi connectivity index (χ1n) is 7.03. The molecular weight excluding hydrogens is 331 g/mol. The monoisotopic (exact) mass is 346 g/mol. The molecule has 0 atom stereocenters. The van der Waals surface area contributed by atoms with Crippen LogP contribution in [0.1, 0.15) is 17.3 Å². The molecule has 3 rings (SSSR count). The minimum atomic E-state index is -1.09. The standard InChI is InChI=1S/C11H7FN2O2.C4H8N4O/c12-9-3-1-2-7(4-9)10-13-5-8(6-14-10)11(15)16;1-3-2-8(5)4(9)7-6-3/h1-6H,(H,15,16);2,5H2,1H3,(H,7,9). The van der Waals surface area contributed by atoms with Crippen LogP contribution in [0.3, 0.4) is 0 Å². The van der Waals surface area contributed by atoms with Gasteiger partial charge in [-0.3, -0.25) is 5.01 Å². The molecule has 0 unspecified atom stereocenters. The molecule has 25 heavy (non-hydrogen) atoms. The number of hydrazine groups is 1. The smallest absolute Gasteiger partial charge is 0.352 e. The van der Waals surface area contributed by atoms with Gasteiger partial charge in [-0.25, -0.2) is 35.2 Å². The Hall–Kier alpha value is -3.40. The van der Waals surface area contributed by atoms with E-state index in [2.05, 4.69) is 20.5 Å². The highest BCUT2D eigenvalue weighted by Gasteiger charge is 2.13. The number of aromatic carboxylic acids is 1. The summed E-state index contributed by atoms with van der Waals surface area (Å²) in [5, 5.41) is 13.4. The summed E-state index contributed by atoms with van der Waals surface area (Å²) < 4.78 is 12.9. The number of carbonyl (C=O) groups excluding carboxylic acids is 1. The second-order valence-electron chi connectivity index (χ2n) is 5.00. The van der Waals surface area contributed by atoms with Crippen molar-refractivity contribution in [1.82, 2.24) is 20.4 Å². The van der Waals surface area contributed by atoms with Crippen molar-refractivity contribution in [3.05, 3.63) is 48.0 Å². The number of urea groups is 1. The fourth-order valence-electron chi connectivity index (χ4n) is 1.78. The second kappa shape index (κ2) is 7.93. The molecule has 4 N–H and O–H groups in total. The van der Waals surface area contributed by atoms with Gasteiger partial charge in [0.2, 0.25) is 0 Å². The molecule has 0 bridgehead atoms. The Labute approximate surface area is 142 Å². The number of rotatable bonds is 2.